The van der Waals surface area contributed by atoms with Gasteiger partial charge in [0.1, 0.15) is 0 Å². The van der Waals surface area contributed by atoms with Gasteiger partial charge < -0.3 is 0 Å². The average molecular weight is 731 g/mol. The molecule has 0 N–H and O–H groups in total. The minimum atomic E-state index is 0.455. The van der Waals surface area contributed by atoms with Gasteiger partial charge in [-0.1, -0.05) is 188 Å². The first kappa shape index (κ1) is 35.2. The first-order chi connectivity index (χ1) is 28.2. The highest BCUT2D eigenvalue weighted by Gasteiger charge is 2.15. The van der Waals surface area contributed by atoms with Crippen LogP contribution in [0.25, 0.3) is 66.3 Å². The van der Waals surface area contributed by atoms with Gasteiger partial charge in [0.25, 0.3) is 0 Å². The number of rotatable bonds is 8. The van der Waals surface area contributed by atoms with E-state index in [2.05, 4.69) is 194 Å². The lowest BCUT2D eigenvalue weighted by molar-refractivity contribution is 1.06. The Bertz CT molecular complexity index is 2900. The Labute approximate surface area is 333 Å². The van der Waals surface area contributed by atoms with Gasteiger partial charge in [-0.15, -0.1) is 0 Å². The molecule has 0 saturated heterocycles. The molecule has 1 aromatic heterocycles. The van der Waals surface area contributed by atoms with E-state index in [0.717, 1.165) is 61.1 Å². The Balaban J connectivity index is 1.11. The first-order valence-corrected chi connectivity index (χ1v) is 19.1. The highest BCUT2D eigenvalue weighted by molar-refractivity contribution is 6.15. The molecule has 0 bridgehead atoms. The van der Waals surface area contributed by atoms with Crippen LogP contribution in [0, 0.1) is 0 Å². The second kappa shape index (κ2) is 16.0. The van der Waals surface area contributed by atoms with Crippen molar-refractivity contribution in [3.05, 3.63) is 223 Å². The maximum atomic E-state index is 5.23. The fourth-order valence-electron chi connectivity index (χ4n) is 7.34. The highest BCUT2D eigenvalue weighted by Crippen LogP contribution is 2.37. The molecule has 0 aliphatic carbocycles. The fourth-order valence-corrected chi connectivity index (χ4v) is 7.34. The molecule has 0 saturated carbocycles. The lowest BCUT2D eigenvalue weighted by Crippen LogP contribution is -2.06. The zero-order chi connectivity index (χ0) is 38.4. The molecule has 4 heteroatoms. The van der Waals surface area contributed by atoms with E-state index >= 15 is 0 Å². The van der Waals surface area contributed by atoms with Crippen molar-refractivity contribution in [3.63, 3.8) is 0 Å². The maximum absolute atomic E-state index is 5.23. The molecule has 0 unspecified atom stereocenters. The Morgan fingerprint density at radius 2 is 1.04 bits per heavy atom. The van der Waals surface area contributed by atoms with Crippen LogP contribution >= 0.6 is 0 Å². The van der Waals surface area contributed by atoms with Crippen molar-refractivity contribution in [2.24, 2.45) is 15.0 Å². The second-order valence-electron chi connectivity index (χ2n) is 13.9. The van der Waals surface area contributed by atoms with Crippen molar-refractivity contribution >= 4 is 40.1 Å². The lowest BCUT2D eigenvalue weighted by atomic mass is 9.94. The number of benzene rings is 8. The van der Waals surface area contributed by atoms with Crippen LogP contribution in [0.5, 0.6) is 0 Å². The van der Waals surface area contributed by atoms with E-state index in [1.54, 1.807) is 0 Å². The third-order valence-corrected chi connectivity index (χ3v) is 10.3. The Morgan fingerprint density at radius 3 is 1.70 bits per heavy atom. The summed E-state index contributed by atoms with van der Waals surface area (Å²) in [6.07, 6.45) is 0. The summed E-state index contributed by atoms with van der Waals surface area (Å²) >= 11 is 0. The number of amidine groups is 2. The van der Waals surface area contributed by atoms with Gasteiger partial charge in [0.2, 0.25) is 0 Å². The van der Waals surface area contributed by atoms with Crippen LogP contribution in [0.1, 0.15) is 16.7 Å². The van der Waals surface area contributed by atoms with Crippen LogP contribution in [-0.4, -0.2) is 23.4 Å². The summed E-state index contributed by atoms with van der Waals surface area (Å²) in [5.74, 6) is 1.06. The number of hydrogen-bond donors (Lipinski definition) is 0. The molecule has 0 fully saturated rings. The molecule has 270 valence electrons. The van der Waals surface area contributed by atoms with Crippen molar-refractivity contribution in [1.29, 1.82) is 0 Å². The number of aromatic nitrogens is 1. The molecule has 0 aliphatic rings. The zero-order valence-corrected chi connectivity index (χ0v) is 31.3. The Morgan fingerprint density at radius 1 is 0.456 bits per heavy atom. The third-order valence-electron chi connectivity index (χ3n) is 10.3. The van der Waals surface area contributed by atoms with Gasteiger partial charge >= 0.3 is 0 Å². The van der Waals surface area contributed by atoms with Crippen molar-refractivity contribution < 1.29 is 0 Å². The molecule has 57 heavy (non-hydrogen) atoms. The zero-order valence-electron chi connectivity index (χ0n) is 31.3. The summed E-state index contributed by atoms with van der Waals surface area (Å²) in [4.78, 5) is 19.9. The molecule has 9 rings (SSSR count). The molecular formula is C53H38N4. The van der Waals surface area contributed by atoms with Gasteiger partial charge in [-0.05, 0) is 74.6 Å². The first-order valence-electron chi connectivity index (χ1n) is 19.1. The van der Waals surface area contributed by atoms with Crippen molar-refractivity contribution in [3.8, 4) is 44.6 Å². The monoisotopic (exact) mass is 730 g/mol. The summed E-state index contributed by atoms with van der Waals surface area (Å²) in [5.41, 5.74) is 12.5. The summed E-state index contributed by atoms with van der Waals surface area (Å²) in [7, 11) is 0. The number of fused-ring (bicyclic) bond motifs is 3. The molecule has 0 spiro atoms. The molecule has 0 radical (unpaired) electrons. The van der Waals surface area contributed by atoms with E-state index in [0.29, 0.717) is 18.2 Å². The summed E-state index contributed by atoms with van der Waals surface area (Å²) < 4.78 is 0. The van der Waals surface area contributed by atoms with Crippen LogP contribution < -0.4 is 0 Å². The van der Waals surface area contributed by atoms with Crippen molar-refractivity contribution in [1.82, 2.24) is 4.98 Å². The summed E-state index contributed by atoms with van der Waals surface area (Å²) in [6, 6.07) is 71.4. The third kappa shape index (κ3) is 7.57. The molecule has 0 aliphatic heterocycles. The van der Waals surface area contributed by atoms with Crippen LogP contribution in [0.4, 0.5) is 0 Å². The normalized spacial score (nSPS) is 11.9. The standard InChI is InChI=1S/C53H38N4/c1-54-52(46-22-13-21-45(34-46)50-35-48(42-18-9-4-10-19-42)51-47-23-12-11-20-43(47)32-33-49(51)56-50)57-53(44-30-28-41(29-31-44)39-16-7-3-8-17-39)55-36-37-24-26-40(27-25-37)38-14-5-2-6-15-38/h2-35H,1,36H2/b55-53-,57-52-. The lowest BCUT2D eigenvalue weighted by Gasteiger charge is -2.13. The topological polar surface area (TPSA) is 50.0 Å². The van der Waals surface area contributed by atoms with Crippen LogP contribution in [-0.2, 0) is 6.54 Å². The molecular weight excluding hydrogens is 693 g/mol. The minimum absolute atomic E-state index is 0.455. The van der Waals surface area contributed by atoms with Gasteiger partial charge in [0, 0.05) is 22.1 Å². The van der Waals surface area contributed by atoms with Gasteiger partial charge in [0.05, 0.1) is 17.8 Å². The van der Waals surface area contributed by atoms with Crippen LogP contribution in [0.2, 0.25) is 0 Å². The van der Waals surface area contributed by atoms with Crippen LogP contribution in [0.15, 0.2) is 221 Å². The number of aliphatic imine (C=N–C) groups is 3. The molecule has 0 atom stereocenters. The molecule has 0 amide bonds. The minimum Gasteiger partial charge on any atom is -0.261 e. The van der Waals surface area contributed by atoms with E-state index in [4.69, 9.17) is 15.0 Å². The predicted octanol–water partition coefficient (Wildman–Crippen LogP) is 13.2. The van der Waals surface area contributed by atoms with Gasteiger partial charge in [-0.25, -0.2) is 15.0 Å². The number of pyridine rings is 1. The molecule has 9 aromatic rings. The van der Waals surface area contributed by atoms with E-state index in [9.17, 15) is 0 Å². The summed E-state index contributed by atoms with van der Waals surface area (Å²) in [5, 5.41) is 3.51. The molecule has 8 aromatic carbocycles. The maximum Gasteiger partial charge on any atom is 0.161 e. The van der Waals surface area contributed by atoms with E-state index < -0.39 is 0 Å². The van der Waals surface area contributed by atoms with E-state index in [-0.39, 0.29) is 0 Å². The largest absolute Gasteiger partial charge is 0.261 e. The van der Waals surface area contributed by atoms with Crippen molar-refractivity contribution in [2.45, 2.75) is 6.54 Å². The summed E-state index contributed by atoms with van der Waals surface area (Å²) in [6.45, 7) is 4.42. The smallest absolute Gasteiger partial charge is 0.161 e. The fraction of sp³-hybridized carbons (Fsp3) is 0.0189. The highest BCUT2D eigenvalue weighted by atomic mass is 15.0. The van der Waals surface area contributed by atoms with Gasteiger partial charge in [-0.3, -0.25) is 4.99 Å². The Hall–Kier alpha value is -7.56. The van der Waals surface area contributed by atoms with Gasteiger partial charge in [-0.2, -0.15) is 0 Å². The van der Waals surface area contributed by atoms with Crippen LogP contribution in [0.3, 0.4) is 0 Å². The SMILES string of the molecule is C=N/C(=N\C(=N/Cc1ccc(-c2ccccc2)cc1)c1ccc(-c2ccccc2)cc1)c1cccc(-c2cc(-c3ccccc3)c3c(ccc4ccccc43)n2)c1. The predicted molar refractivity (Wildman–Crippen MR) is 240 cm³/mol. The van der Waals surface area contributed by atoms with E-state index in [1.165, 1.54) is 21.9 Å². The molecule has 1 heterocycles. The van der Waals surface area contributed by atoms with Crippen molar-refractivity contribution in [2.75, 3.05) is 0 Å². The molecule has 4 nitrogen and oxygen atoms in total. The average Bonchev–Trinajstić information content (AvgIpc) is 3.30. The number of hydrogen-bond acceptors (Lipinski definition) is 2. The Kier molecular flexibility index (Phi) is 9.89. The number of nitrogens with zero attached hydrogens (tertiary/aromatic N) is 4. The van der Waals surface area contributed by atoms with E-state index in [1.807, 2.05) is 24.3 Å². The quantitative estimate of drug-likeness (QED) is 0.0872. The van der Waals surface area contributed by atoms with Gasteiger partial charge in [0.15, 0.2) is 11.7 Å². The second-order valence-corrected chi connectivity index (χ2v) is 13.9.